The largest absolute Gasteiger partial charge is 0.481 e. The zero-order valence-corrected chi connectivity index (χ0v) is 32.1. The molecule has 1 aliphatic heterocycles. The number of piperidine rings is 1. The molecule has 1 unspecified atom stereocenters. The van der Waals surface area contributed by atoms with Crippen LogP contribution in [0.5, 0.6) is 0 Å². The molecule has 1 fully saturated rings. The van der Waals surface area contributed by atoms with Crippen molar-refractivity contribution in [3.63, 3.8) is 0 Å². The fourth-order valence-corrected chi connectivity index (χ4v) is 8.39. The molecule has 13 heteroatoms. The number of rotatable bonds is 9. The van der Waals surface area contributed by atoms with Gasteiger partial charge < -0.3 is 20.0 Å². The van der Waals surface area contributed by atoms with Gasteiger partial charge in [-0.2, -0.15) is 0 Å². The molecule has 8 rings (SSSR count). The summed E-state index contributed by atoms with van der Waals surface area (Å²) in [5.74, 6) is -1.33. The number of nitrogens with one attached hydrogen (secondary N) is 2. The maximum absolute atomic E-state index is 13.7. The Labute approximate surface area is 324 Å². The summed E-state index contributed by atoms with van der Waals surface area (Å²) in [6.07, 6.45) is 6.21. The van der Waals surface area contributed by atoms with E-state index in [4.69, 9.17) is 16.7 Å². The van der Waals surface area contributed by atoms with Gasteiger partial charge in [0.25, 0.3) is 0 Å². The fraction of sp³-hybridized carbons (Fsp3) is 0.262. The molecule has 1 saturated heterocycles. The highest BCUT2D eigenvalue weighted by Crippen LogP contribution is 2.43. The molecule has 2 aliphatic rings. The van der Waals surface area contributed by atoms with Crippen LogP contribution in [0.1, 0.15) is 55.3 Å². The zero-order valence-electron chi connectivity index (χ0n) is 30.5. The van der Waals surface area contributed by atoms with E-state index in [1.54, 1.807) is 30.5 Å². The van der Waals surface area contributed by atoms with Gasteiger partial charge in [-0.3, -0.25) is 18.1 Å². The van der Waals surface area contributed by atoms with E-state index < -0.39 is 16.8 Å². The minimum absolute atomic E-state index is 0.0475. The van der Waals surface area contributed by atoms with Gasteiger partial charge in [0.05, 0.1) is 28.5 Å². The van der Waals surface area contributed by atoms with Crippen molar-refractivity contribution in [2.45, 2.75) is 50.1 Å². The molecule has 1 atom stereocenters. The minimum atomic E-state index is -1.04. The molecule has 1 aliphatic carbocycles. The first-order chi connectivity index (χ1) is 26.5. The number of aromatic nitrogens is 4. The van der Waals surface area contributed by atoms with Gasteiger partial charge in [-0.05, 0) is 127 Å². The van der Waals surface area contributed by atoms with E-state index in [-0.39, 0.29) is 29.7 Å². The van der Waals surface area contributed by atoms with Crippen LogP contribution in [0.4, 0.5) is 4.39 Å². The summed E-state index contributed by atoms with van der Waals surface area (Å²) < 4.78 is 28.8. The number of hydrogen-bond acceptors (Lipinski definition) is 5. The average Bonchev–Trinajstić information content (AvgIpc) is 3.75. The third kappa shape index (κ3) is 8.22. The minimum Gasteiger partial charge on any atom is -0.481 e. The molecule has 2 aromatic heterocycles. The number of carbonyl (C=O) groups is 1. The van der Waals surface area contributed by atoms with Gasteiger partial charge in [-0.25, -0.2) is 14.0 Å². The van der Waals surface area contributed by atoms with E-state index in [2.05, 4.69) is 14.9 Å². The molecule has 284 valence electrons. The normalized spacial score (nSPS) is 16.1. The highest BCUT2D eigenvalue weighted by molar-refractivity contribution is 7.84. The first-order valence-corrected chi connectivity index (χ1v) is 20.1. The van der Waals surface area contributed by atoms with Crippen LogP contribution < -0.4 is 11.4 Å². The summed E-state index contributed by atoms with van der Waals surface area (Å²) in [7, 11) is -1.04. The Morgan fingerprint density at radius 3 is 2.36 bits per heavy atom. The van der Waals surface area contributed by atoms with Crippen molar-refractivity contribution in [2.24, 2.45) is 0 Å². The smallest absolute Gasteiger partial charge is 0.326 e. The number of aromatic amines is 2. The molecule has 3 heterocycles. The highest BCUT2D eigenvalue weighted by atomic mass is 35.5. The van der Waals surface area contributed by atoms with Gasteiger partial charge in [-0.1, -0.05) is 41.9 Å². The Morgan fingerprint density at radius 2 is 1.64 bits per heavy atom. The number of nitrogens with zero attached hydrogens (tertiary/aromatic N) is 3. The van der Waals surface area contributed by atoms with E-state index >= 15 is 0 Å². The molecule has 55 heavy (non-hydrogen) atoms. The summed E-state index contributed by atoms with van der Waals surface area (Å²) in [4.78, 5) is 44.9. The number of carboxylic acid groups (broad SMARTS) is 1. The molecule has 10 nitrogen and oxygen atoms in total. The number of imidazole rings is 2. The molecule has 0 amide bonds. The SMILES string of the molecule is CC1=C(CC(=O)O)c2cc(F)ccc2/C1=C\c1ccc(S(C)=O)cc1.O=c1[nH]c2ccccc2n1CCCN1CCC(n2c(=O)[nH]c3cc(Cl)ccc32)CC1. The Balaban J connectivity index is 0.000000172. The number of para-hydroxylation sites is 2. The van der Waals surface area contributed by atoms with Crippen LogP contribution in [0.3, 0.4) is 0 Å². The van der Waals surface area contributed by atoms with Crippen LogP contribution >= 0.6 is 11.6 Å². The van der Waals surface area contributed by atoms with Crippen molar-refractivity contribution in [2.75, 3.05) is 25.9 Å². The summed E-state index contributed by atoms with van der Waals surface area (Å²) in [5.41, 5.74) is 8.18. The highest BCUT2D eigenvalue weighted by Gasteiger charge is 2.26. The Kier molecular flexibility index (Phi) is 11.2. The molecular formula is C42H41ClFN5O5S. The maximum atomic E-state index is 13.7. The Morgan fingerprint density at radius 1 is 0.909 bits per heavy atom. The van der Waals surface area contributed by atoms with E-state index in [9.17, 15) is 23.0 Å². The Hall–Kier alpha value is -5.30. The number of allylic oxidation sites excluding steroid dienone is 2. The lowest BCUT2D eigenvalue weighted by Crippen LogP contribution is -2.37. The molecule has 0 saturated carbocycles. The van der Waals surface area contributed by atoms with E-state index in [1.807, 2.05) is 70.7 Å². The summed E-state index contributed by atoms with van der Waals surface area (Å²) >= 11 is 6.05. The van der Waals surface area contributed by atoms with Gasteiger partial charge in [0, 0.05) is 52.6 Å². The first-order valence-electron chi connectivity index (χ1n) is 18.1. The van der Waals surface area contributed by atoms with Crippen molar-refractivity contribution in [1.82, 2.24) is 24.0 Å². The number of halogens is 2. The van der Waals surface area contributed by atoms with Crippen LogP contribution in [0.2, 0.25) is 5.02 Å². The number of fused-ring (bicyclic) bond motifs is 3. The van der Waals surface area contributed by atoms with E-state index in [0.29, 0.717) is 22.7 Å². The number of likely N-dealkylation sites (tertiary alicyclic amines) is 1. The van der Waals surface area contributed by atoms with Crippen LogP contribution in [0, 0.1) is 5.82 Å². The molecule has 3 N–H and O–H groups in total. The molecular weight excluding hydrogens is 741 g/mol. The van der Waals surface area contributed by atoms with Crippen molar-refractivity contribution in [3.05, 3.63) is 139 Å². The number of hydrogen-bond donors (Lipinski definition) is 3. The summed E-state index contributed by atoms with van der Waals surface area (Å²) in [5, 5.41) is 9.79. The molecule has 6 aromatic rings. The second-order valence-corrected chi connectivity index (χ2v) is 15.7. The predicted octanol–water partition coefficient (Wildman–Crippen LogP) is 7.72. The molecule has 0 spiro atoms. The maximum Gasteiger partial charge on any atom is 0.326 e. The first kappa shape index (κ1) is 38.0. The van der Waals surface area contributed by atoms with Crippen LogP contribution in [-0.2, 0) is 22.1 Å². The lowest BCUT2D eigenvalue weighted by atomic mass is 10.0. The number of aryl methyl sites for hydroxylation is 1. The third-order valence-corrected chi connectivity index (χ3v) is 11.6. The zero-order chi connectivity index (χ0) is 38.8. The summed E-state index contributed by atoms with van der Waals surface area (Å²) in [6, 6.07) is 25.3. The van der Waals surface area contributed by atoms with Crippen LogP contribution in [-0.4, -0.2) is 65.2 Å². The summed E-state index contributed by atoms with van der Waals surface area (Å²) in [6.45, 7) is 5.39. The average molecular weight is 782 g/mol. The topological polar surface area (TPSA) is 133 Å². The van der Waals surface area contributed by atoms with Crippen LogP contribution in [0.15, 0.2) is 105 Å². The van der Waals surface area contributed by atoms with Gasteiger partial charge in [0.15, 0.2) is 0 Å². The van der Waals surface area contributed by atoms with E-state index in [1.165, 1.54) is 12.1 Å². The quantitative estimate of drug-likeness (QED) is 0.138. The van der Waals surface area contributed by atoms with Gasteiger partial charge >= 0.3 is 17.3 Å². The number of aliphatic carboxylic acids is 1. The Bertz CT molecular complexity index is 2610. The lowest BCUT2D eigenvalue weighted by Gasteiger charge is -2.32. The van der Waals surface area contributed by atoms with Crippen molar-refractivity contribution >= 4 is 67.7 Å². The molecule has 4 aromatic carbocycles. The van der Waals surface area contributed by atoms with Crippen molar-refractivity contribution in [1.29, 1.82) is 0 Å². The standard InChI is InChI=1S/C22H24ClN5O2.C20H17FO3S/c23-15-6-7-20-18(14-15)25-22(30)28(20)16-8-12-26(13-9-16)10-3-11-27-19-5-2-1-4-17(19)24-21(27)29;1-12-17(9-13-3-6-15(7-4-13)25(2)24)16-8-5-14(21)10-19(16)18(12)11-20(22)23/h1-2,4-7,14,16H,3,8-13H2,(H,24,29)(H,25,30);3-10H,11H2,1-2H3,(H,22,23)/b;17-9-. The van der Waals surface area contributed by atoms with Crippen molar-refractivity contribution in [3.8, 4) is 0 Å². The van der Waals surface area contributed by atoms with Crippen molar-refractivity contribution < 1.29 is 18.5 Å². The van der Waals surface area contributed by atoms with Gasteiger partial charge in [-0.15, -0.1) is 0 Å². The van der Waals surface area contributed by atoms with E-state index in [0.717, 1.165) is 88.1 Å². The van der Waals surface area contributed by atoms with Gasteiger partial charge in [0.1, 0.15) is 5.82 Å². The number of H-pyrrole nitrogens is 2. The number of carboxylic acids is 1. The molecule has 0 radical (unpaired) electrons. The fourth-order valence-electron chi connectivity index (χ4n) is 7.70. The third-order valence-electron chi connectivity index (χ3n) is 10.4. The lowest BCUT2D eigenvalue weighted by molar-refractivity contribution is -0.135. The van der Waals surface area contributed by atoms with Crippen LogP contribution in [0.25, 0.3) is 39.3 Å². The predicted molar refractivity (Wildman–Crippen MR) is 217 cm³/mol. The monoisotopic (exact) mass is 781 g/mol. The molecule has 0 bridgehead atoms. The second kappa shape index (κ2) is 16.2. The van der Waals surface area contributed by atoms with Gasteiger partial charge in [0.2, 0.25) is 0 Å². The second-order valence-electron chi connectivity index (χ2n) is 13.9. The number of benzene rings is 4.